The number of aryl methyl sites for hydroxylation is 1. The number of pyridine rings is 1. The molecule has 1 unspecified atom stereocenters. The zero-order chi connectivity index (χ0) is 10.4. The summed E-state index contributed by atoms with van der Waals surface area (Å²) in [5.41, 5.74) is 6.49. The van der Waals surface area contributed by atoms with E-state index in [1.807, 2.05) is 25.1 Å². The second-order valence-electron chi connectivity index (χ2n) is 3.64. The summed E-state index contributed by atoms with van der Waals surface area (Å²) in [4.78, 5) is 4.38. The Labute approximate surface area is 85.7 Å². The van der Waals surface area contributed by atoms with Crippen LogP contribution in [0.1, 0.15) is 25.5 Å². The van der Waals surface area contributed by atoms with E-state index in [2.05, 4.69) is 17.2 Å². The number of nitrogens with zero attached hydrogens (tertiary/aromatic N) is 1. The Bertz CT molecular complexity index is 273. The molecule has 0 aliphatic carbocycles. The van der Waals surface area contributed by atoms with Gasteiger partial charge < -0.3 is 11.1 Å². The van der Waals surface area contributed by atoms with Gasteiger partial charge in [0.15, 0.2) is 0 Å². The molecule has 0 aliphatic heterocycles. The van der Waals surface area contributed by atoms with Crippen LogP contribution in [0.4, 0.5) is 5.82 Å². The third-order valence-electron chi connectivity index (χ3n) is 2.12. The van der Waals surface area contributed by atoms with Gasteiger partial charge in [-0.25, -0.2) is 4.98 Å². The fourth-order valence-corrected chi connectivity index (χ4v) is 1.37. The van der Waals surface area contributed by atoms with Gasteiger partial charge in [0.05, 0.1) is 0 Å². The molecule has 1 aromatic heterocycles. The highest BCUT2D eigenvalue weighted by Gasteiger charge is 2.01. The quantitative estimate of drug-likeness (QED) is 0.751. The summed E-state index contributed by atoms with van der Waals surface area (Å²) in [5.74, 6) is 0.953. The van der Waals surface area contributed by atoms with Crippen LogP contribution >= 0.6 is 0 Å². The zero-order valence-electron chi connectivity index (χ0n) is 8.96. The molecule has 1 heterocycles. The van der Waals surface area contributed by atoms with Crippen LogP contribution in [0, 0.1) is 6.92 Å². The molecule has 1 aromatic rings. The predicted molar refractivity (Wildman–Crippen MR) is 60.3 cm³/mol. The van der Waals surface area contributed by atoms with E-state index in [-0.39, 0.29) is 0 Å². The van der Waals surface area contributed by atoms with Crippen LogP contribution in [-0.4, -0.2) is 17.6 Å². The van der Waals surface area contributed by atoms with Gasteiger partial charge in [-0.2, -0.15) is 0 Å². The number of nitrogens with two attached hydrogens (primary N) is 1. The van der Waals surface area contributed by atoms with Gasteiger partial charge in [-0.05, 0) is 45.4 Å². The second-order valence-corrected chi connectivity index (χ2v) is 3.64. The van der Waals surface area contributed by atoms with Crippen molar-refractivity contribution < 1.29 is 0 Å². The van der Waals surface area contributed by atoms with Gasteiger partial charge in [-0.15, -0.1) is 0 Å². The maximum atomic E-state index is 5.45. The van der Waals surface area contributed by atoms with Crippen LogP contribution in [0.15, 0.2) is 18.2 Å². The molecule has 0 aliphatic rings. The van der Waals surface area contributed by atoms with E-state index in [1.54, 1.807) is 0 Å². The van der Waals surface area contributed by atoms with E-state index in [0.717, 1.165) is 30.9 Å². The summed E-state index contributed by atoms with van der Waals surface area (Å²) in [6.45, 7) is 4.91. The summed E-state index contributed by atoms with van der Waals surface area (Å²) in [7, 11) is 0. The van der Waals surface area contributed by atoms with Crippen molar-refractivity contribution in [3.63, 3.8) is 0 Å². The van der Waals surface area contributed by atoms with Gasteiger partial charge in [0.1, 0.15) is 5.82 Å². The molecule has 3 heteroatoms. The summed E-state index contributed by atoms with van der Waals surface area (Å²) in [6, 6.07) is 6.44. The second kappa shape index (κ2) is 5.60. The van der Waals surface area contributed by atoms with E-state index in [4.69, 9.17) is 5.73 Å². The number of anilines is 1. The van der Waals surface area contributed by atoms with E-state index in [1.165, 1.54) is 0 Å². The molecule has 14 heavy (non-hydrogen) atoms. The average molecular weight is 193 g/mol. The van der Waals surface area contributed by atoms with E-state index in [0.29, 0.717) is 6.04 Å². The lowest BCUT2D eigenvalue weighted by atomic mass is 10.2. The Hall–Kier alpha value is -1.09. The SMILES string of the molecule is Cc1cccc(NC(C)CCCN)n1. The van der Waals surface area contributed by atoms with Crippen molar-refractivity contribution in [1.82, 2.24) is 4.98 Å². The minimum absolute atomic E-state index is 0.438. The van der Waals surface area contributed by atoms with E-state index >= 15 is 0 Å². The van der Waals surface area contributed by atoms with Gasteiger partial charge in [0.2, 0.25) is 0 Å². The Morgan fingerprint density at radius 2 is 2.29 bits per heavy atom. The van der Waals surface area contributed by atoms with E-state index < -0.39 is 0 Å². The van der Waals surface area contributed by atoms with Crippen molar-refractivity contribution in [1.29, 1.82) is 0 Å². The summed E-state index contributed by atoms with van der Waals surface area (Å²) < 4.78 is 0. The molecule has 0 bridgehead atoms. The number of hydrogen-bond donors (Lipinski definition) is 2. The molecule has 0 spiro atoms. The standard InChI is InChI=1S/C11H19N3/c1-9-5-3-7-11(13-9)14-10(2)6-4-8-12/h3,5,7,10H,4,6,8,12H2,1-2H3,(H,13,14). The topological polar surface area (TPSA) is 50.9 Å². The van der Waals surface area contributed by atoms with Crippen molar-refractivity contribution in [2.75, 3.05) is 11.9 Å². The molecule has 0 fully saturated rings. The van der Waals surface area contributed by atoms with Gasteiger partial charge >= 0.3 is 0 Å². The van der Waals surface area contributed by atoms with E-state index in [9.17, 15) is 0 Å². The first kappa shape index (κ1) is 11.0. The summed E-state index contributed by atoms with van der Waals surface area (Å²) in [5, 5.41) is 3.35. The van der Waals surface area contributed by atoms with Crippen LogP contribution < -0.4 is 11.1 Å². The molecule has 1 rings (SSSR count). The van der Waals surface area contributed by atoms with Crippen molar-refractivity contribution >= 4 is 5.82 Å². The number of hydrogen-bond acceptors (Lipinski definition) is 3. The van der Waals surface area contributed by atoms with Crippen LogP contribution in [0.3, 0.4) is 0 Å². The van der Waals surface area contributed by atoms with Crippen LogP contribution in [0.5, 0.6) is 0 Å². The lowest BCUT2D eigenvalue weighted by Gasteiger charge is -2.13. The monoisotopic (exact) mass is 193 g/mol. The minimum Gasteiger partial charge on any atom is -0.368 e. The third-order valence-corrected chi connectivity index (χ3v) is 2.12. The molecule has 1 atom stereocenters. The summed E-state index contributed by atoms with van der Waals surface area (Å²) >= 11 is 0. The molecule has 0 amide bonds. The normalized spacial score (nSPS) is 12.5. The summed E-state index contributed by atoms with van der Waals surface area (Å²) in [6.07, 6.45) is 2.14. The number of rotatable bonds is 5. The molecule has 78 valence electrons. The third kappa shape index (κ3) is 3.75. The molecule has 0 saturated heterocycles. The molecule has 0 aromatic carbocycles. The fraction of sp³-hybridized carbons (Fsp3) is 0.545. The maximum absolute atomic E-state index is 5.45. The van der Waals surface area contributed by atoms with Gasteiger partial charge in [-0.3, -0.25) is 0 Å². The Morgan fingerprint density at radius 3 is 2.93 bits per heavy atom. The lowest BCUT2D eigenvalue weighted by Crippen LogP contribution is -2.17. The first-order valence-corrected chi connectivity index (χ1v) is 5.12. The number of aromatic nitrogens is 1. The molecular formula is C11H19N3. The predicted octanol–water partition coefficient (Wildman–Crippen LogP) is 1.93. The van der Waals surface area contributed by atoms with Gasteiger partial charge in [-0.1, -0.05) is 6.07 Å². The minimum atomic E-state index is 0.438. The Morgan fingerprint density at radius 1 is 1.50 bits per heavy atom. The average Bonchev–Trinajstić information content (AvgIpc) is 2.15. The first-order chi connectivity index (χ1) is 6.72. The molecular weight excluding hydrogens is 174 g/mol. The van der Waals surface area contributed by atoms with Crippen molar-refractivity contribution in [3.05, 3.63) is 23.9 Å². The Kier molecular flexibility index (Phi) is 4.40. The molecule has 0 saturated carbocycles. The smallest absolute Gasteiger partial charge is 0.126 e. The zero-order valence-corrected chi connectivity index (χ0v) is 8.96. The number of nitrogens with one attached hydrogen (secondary N) is 1. The fourth-order valence-electron chi connectivity index (χ4n) is 1.37. The van der Waals surface area contributed by atoms with Crippen LogP contribution in [0.25, 0.3) is 0 Å². The van der Waals surface area contributed by atoms with Crippen molar-refractivity contribution in [2.45, 2.75) is 32.7 Å². The van der Waals surface area contributed by atoms with Gasteiger partial charge in [0.25, 0.3) is 0 Å². The highest BCUT2D eigenvalue weighted by Crippen LogP contribution is 2.07. The maximum Gasteiger partial charge on any atom is 0.126 e. The Balaban J connectivity index is 2.43. The highest BCUT2D eigenvalue weighted by atomic mass is 15.0. The van der Waals surface area contributed by atoms with Gasteiger partial charge in [0, 0.05) is 11.7 Å². The molecule has 3 N–H and O–H groups in total. The highest BCUT2D eigenvalue weighted by molar-refractivity contribution is 5.35. The lowest BCUT2D eigenvalue weighted by molar-refractivity contribution is 0.660. The van der Waals surface area contributed by atoms with Crippen molar-refractivity contribution in [2.24, 2.45) is 5.73 Å². The van der Waals surface area contributed by atoms with Crippen LogP contribution in [-0.2, 0) is 0 Å². The first-order valence-electron chi connectivity index (χ1n) is 5.12. The van der Waals surface area contributed by atoms with Crippen molar-refractivity contribution in [3.8, 4) is 0 Å². The molecule has 3 nitrogen and oxygen atoms in total. The largest absolute Gasteiger partial charge is 0.368 e. The van der Waals surface area contributed by atoms with Crippen LogP contribution in [0.2, 0.25) is 0 Å². The molecule has 0 radical (unpaired) electrons.